The van der Waals surface area contributed by atoms with Crippen LogP contribution >= 0.6 is 0 Å². The maximum Gasteiger partial charge on any atom is 3.00 e. The summed E-state index contributed by atoms with van der Waals surface area (Å²) in [6.07, 6.45) is 0. The Kier molecular flexibility index (Phi) is 360. The van der Waals surface area contributed by atoms with Crippen LogP contribution < -0.4 is 0 Å². The topological polar surface area (TPSA) is 30.5 Å². The van der Waals surface area contributed by atoms with Crippen LogP contribution in [0.5, 0.6) is 0 Å². The summed E-state index contributed by atoms with van der Waals surface area (Å²) < 4.78 is 0. The molecule has 0 aliphatic heterocycles. The van der Waals surface area contributed by atoms with Crippen molar-refractivity contribution in [3.05, 3.63) is 6.15 Å². The zero-order valence-electron chi connectivity index (χ0n) is 3.20. The van der Waals surface area contributed by atoms with E-state index in [1.807, 2.05) is 0 Å². The SMILES string of the molecule is [As-3].[Ga+3].[Ga+3].[In].[In].[N-3]. The number of nitrogens with zero attached hydrogens (tertiary/aromatic N) is 1. The van der Waals surface area contributed by atoms with Crippen LogP contribution in [0.15, 0.2) is 0 Å². The Morgan fingerprint density at radius 2 is 0.667 bits per heavy atom. The molecule has 0 aliphatic carbocycles. The predicted octanol–water partition coefficient (Wildman–Crippen LogP) is -1.62. The van der Waals surface area contributed by atoms with Crippen molar-refractivity contribution < 1.29 is 0 Å². The van der Waals surface area contributed by atoms with Gasteiger partial charge in [-0.2, -0.15) is 0 Å². The van der Waals surface area contributed by atoms with Crippen LogP contribution in [0.2, 0.25) is 0 Å². The van der Waals surface area contributed by atoms with Crippen LogP contribution in [-0.2, 0) is 0 Å². The second kappa shape index (κ2) is 38.8. The number of hydrogen-bond acceptors (Lipinski definition) is 0. The fourth-order valence-electron chi connectivity index (χ4n) is 0. The maximum absolute atomic E-state index is 0. The van der Waals surface area contributed by atoms with Gasteiger partial charge in [0, 0.05) is 51.7 Å². The van der Waals surface area contributed by atoms with Gasteiger partial charge in [-0.25, -0.2) is 0 Å². The normalized spacial score (nSPS) is 0. The summed E-state index contributed by atoms with van der Waals surface area (Å²) in [5.41, 5.74) is 0. The molecule has 0 saturated heterocycles. The second-order valence-corrected chi connectivity index (χ2v) is 0. The Bertz CT molecular complexity index is 11.5. The zero-order chi connectivity index (χ0) is 0. The standard InChI is InChI=1S/As.2Ga.2In.N/q-3;2*+3;;;-3. The van der Waals surface area contributed by atoms with Crippen LogP contribution in [0.4, 0.5) is 0 Å². The average molecular weight is 458 g/mol. The Morgan fingerprint density at radius 1 is 0.667 bits per heavy atom. The van der Waals surface area contributed by atoms with Crippen molar-refractivity contribution in [3.63, 3.8) is 0 Å². The van der Waals surface area contributed by atoms with E-state index in [-0.39, 0.29) is 115 Å². The van der Waals surface area contributed by atoms with Crippen LogP contribution in [-0.4, -0.2) is 109 Å². The van der Waals surface area contributed by atoms with Gasteiger partial charge in [-0.15, -0.1) is 0 Å². The van der Waals surface area contributed by atoms with E-state index in [0.717, 1.165) is 0 Å². The summed E-state index contributed by atoms with van der Waals surface area (Å²) in [4.78, 5) is 0. The summed E-state index contributed by atoms with van der Waals surface area (Å²) in [5.74, 6) is 0. The number of rotatable bonds is 0. The van der Waals surface area contributed by atoms with E-state index < -0.39 is 0 Å². The quantitative estimate of drug-likeness (QED) is 0.392. The van der Waals surface area contributed by atoms with E-state index in [1.54, 1.807) is 0 Å². The first-order chi connectivity index (χ1) is 0. The van der Waals surface area contributed by atoms with Gasteiger partial charge in [0.1, 0.15) is 0 Å². The summed E-state index contributed by atoms with van der Waals surface area (Å²) in [6.45, 7) is 0. The van der Waals surface area contributed by atoms with Crippen LogP contribution in [0.25, 0.3) is 6.15 Å². The Morgan fingerprint density at radius 3 is 0.667 bits per heavy atom. The van der Waals surface area contributed by atoms with Crippen molar-refractivity contribution in [1.82, 2.24) is 0 Å². The number of hydrogen-bond donors (Lipinski definition) is 0. The molecule has 0 bridgehead atoms. The molecule has 0 amide bonds. The van der Waals surface area contributed by atoms with Crippen molar-refractivity contribution >= 4 is 109 Å². The molecule has 6 heavy (non-hydrogen) atoms. The Labute approximate surface area is 113 Å². The van der Waals surface area contributed by atoms with Gasteiger partial charge in [-0.3, -0.25) is 0 Å². The van der Waals surface area contributed by atoms with Gasteiger partial charge in [0.2, 0.25) is 0 Å². The smallest absolute Gasteiger partial charge is 3.00 e. The molecular weight excluding hydrogens is 458 g/mol. The summed E-state index contributed by atoms with van der Waals surface area (Å²) in [7, 11) is 0. The van der Waals surface area contributed by atoms with Crippen LogP contribution in [0.3, 0.4) is 0 Å². The molecule has 0 rings (SSSR count). The molecule has 1 nitrogen and oxygen atoms in total. The van der Waals surface area contributed by atoms with Gasteiger partial charge in [0.25, 0.3) is 0 Å². The fourth-order valence-corrected chi connectivity index (χ4v) is 0. The van der Waals surface area contributed by atoms with E-state index in [9.17, 15) is 0 Å². The Balaban J connectivity index is 0. The van der Waals surface area contributed by atoms with Gasteiger partial charge in [-0.05, 0) is 0 Å². The third kappa shape index (κ3) is 25.8. The molecule has 0 N–H and O–H groups in total. The molecule has 0 saturated carbocycles. The first-order valence-corrected chi connectivity index (χ1v) is 0. The predicted molar refractivity (Wildman–Crippen MR) is 32.1 cm³/mol. The molecule has 6 radical (unpaired) electrons. The van der Waals surface area contributed by atoms with Crippen molar-refractivity contribution in [1.29, 1.82) is 0 Å². The molecule has 6 heteroatoms. The van der Waals surface area contributed by atoms with Crippen LogP contribution in [0, 0.1) is 0 Å². The van der Waals surface area contributed by atoms with Gasteiger partial charge < -0.3 is 24.1 Å². The molecule has 0 heterocycles. The van der Waals surface area contributed by atoms with Gasteiger partial charge in [0.05, 0.1) is 0 Å². The minimum Gasteiger partial charge on any atom is -3.00 e. The monoisotopic (exact) mass is 457 g/mol. The molecule has 0 atom stereocenters. The van der Waals surface area contributed by atoms with Crippen molar-refractivity contribution in [3.8, 4) is 0 Å². The van der Waals surface area contributed by atoms with Crippen molar-refractivity contribution in [2.45, 2.75) is 0 Å². The Hall–Kier alpha value is 3.53. The van der Waals surface area contributed by atoms with E-state index in [0.29, 0.717) is 0 Å². The van der Waals surface area contributed by atoms with E-state index >= 15 is 0 Å². The second-order valence-electron chi connectivity index (χ2n) is 0. The van der Waals surface area contributed by atoms with Gasteiger partial charge in [0.15, 0.2) is 0 Å². The average Bonchev–Trinajstić information content (AvgIpc) is 0. The van der Waals surface area contributed by atoms with E-state index in [1.165, 1.54) is 0 Å². The molecule has 0 unspecified atom stereocenters. The summed E-state index contributed by atoms with van der Waals surface area (Å²) in [6, 6.07) is 0. The summed E-state index contributed by atoms with van der Waals surface area (Å²) in [5, 5.41) is 0. The molecule has 0 aromatic heterocycles. The molecule has 0 fully saturated rings. The van der Waals surface area contributed by atoms with E-state index in [4.69, 9.17) is 0 Å². The first-order valence-electron chi connectivity index (χ1n) is 0. The van der Waals surface area contributed by atoms with Gasteiger partial charge in [-0.1, -0.05) is 0 Å². The minimum absolute atomic E-state index is 0. The largest absolute Gasteiger partial charge is 3.00 e. The third-order valence-corrected chi connectivity index (χ3v) is 0. The molecule has 0 aromatic carbocycles. The van der Waals surface area contributed by atoms with E-state index in [2.05, 4.69) is 0 Å². The molecular formula is AsGa2In2N. The molecule has 0 aliphatic rings. The van der Waals surface area contributed by atoms with Crippen molar-refractivity contribution in [2.24, 2.45) is 0 Å². The fraction of sp³-hybridized carbons (Fsp3) is 0. The van der Waals surface area contributed by atoms with Crippen LogP contribution in [0.1, 0.15) is 0 Å². The molecule has 0 spiro atoms. The minimum atomic E-state index is 0. The first kappa shape index (κ1) is 55.6. The van der Waals surface area contributed by atoms with Gasteiger partial charge >= 0.3 is 39.6 Å². The molecule has 0 aromatic rings. The zero-order valence-corrected chi connectivity index (χ0v) is 16.5. The summed E-state index contributed by atoms with van der Waals surface area (Å²) >= 11 is 0. The third-order valence-electron chi connectivity index (χ3n) is 0. The van der Waals surface area contributed by atoms with Crippen molar-refractivity contribution in [2.75, 3.05) is 0 Å². The molecule has 22 valence electrons. The maximum atomic E-state index is 0.